The van der Waals surface area contributed by atoms with Crippen molar-refractivity contribution in [3.05, 3.63) is 24.3 Å². The summed E-state index contributed by atoms with van der Waals surface area (Å²) >= 11 is 0. The highest BCUT2D eigenvalue weighted by Gasteiger charge is 2.56. The lowest BCUT2D eigenvalue weighted by Crippen LogP contribution is -2.48. The van der Waals surface area contributed by atoms with Gasteiger partial charge in [0.05, 0.1) is 6.54 Å². The zero-order chi connectivity index (χ0) is 19.2. The SMILES string of the molecule is CN(C[C@@H]1COc2ccccc2O1)C(=O)CN1C(=O)N[C@](C)(C2CC2)C1=O. The van der Waals surface area contributed by atoms with E-state index in [4.69, 9.17) is 9.47 Å². The van der Waals surface area contributed by atoms with E-state index in [0.29, 0.717) is 24.7 Å². The molecule has 1 saturated heterocycles. The predicted molar refractivity (Wildman–Crippen MR) is 95.4 cm³/mol. The summed E-state index contributed by atoms with van der Waals surface area (Å²) in [5.41, 5.74) is -0.875. The van der Waals surface area contributed by atoms with Gasteiger partial charge in [-0.2, -0.15) is 0 Å². The molecule has 0 spiro atoms. The molecule has 2 aliphatic heterocycles. The minimum absolute atomic E-state index is 0.166. The molecule has 27 heavy (non-hydrogen) atoms. The summed E-state index contributed by atoms with van der Waals surface area (Å²) in [6, 6.07) is 6.87. The van der Waals surface area contributed by atoms with Gasteiger partial charge in [0.2, 0.25) is 5.91 Å². The number of hydrogen-bond acceptors (Lipinski definition) is 5. The molecule has 1 aromatic rings. The Morgan fingerprint density at radius 1 is 1.30 bits per heavy atom. The Kier molecular flexibility index (Phi) is 4.20. The number of hydrogen-bond donors (Lipinski definition) is 1. The molecule has 1 saturated carbocycles. The fourth-order valence-corrected chi connectivity index (χ4v) is 3.61. The molecule has 0 unspecified atom stereocenters. The number of carbonyl (C=O) groups excluding carboxylic acids is 3. The molecule has 2 atom stereocenters. The van der Waals surface area contributed by atoms with Gasteiger partial charge >= 0.3 is 6.03 Å². The second-order valence-electron chi connectivity index (χ2n) is 7.57. The molecule has 8 heteroatoms. The molecular formula is C19H23N3O5. The van der Waals surface area contributed by atoms with E-state index >= 15 is 0 Å². The molecule has 1 aromatic carbocycles. The van der Waals surface area contributed by atoms with Crippen molar-refractivity contribution < 1.29 is 23.9 Å². The molecule has 0 radical (unpaired) electrons. The Balaban J connectivity index is 1.35. The second kappa shape index (κ2) is 6.44. The maximum Gasteiger partial charge on any atom is 0.325 e. The number of carbonyl (C=O) groups is 3. The first-order chi connectivity index (χ1) is 12.9. The van der Waals surface area contributed by atoms with Gasteiger partial charge in [0.25, 0.3) is 5.91 Å². The lowest BCUT2D eigenvalue weighted by atomic mass is 9.96. The fraction of sp³-hybridized carbons (Fsp3) is 0.526. The molecule has 3 aliphatic rings. The molecule has 1 aliphatic carbocycles. The number of imide groups is 1. The van der Waals surface area contributed by atoms with Crippen molar-refractivity contribution in [1.82, 2.24) is 15.1 Å². The minimum atomic E-state index is -0.875. The van der Waals surface area contributed by atoms with Crippen LogP contribution in [0.15, 0.2) is 24.3 Å². The van der Waals surface area contributed by atoms with Gasteiger partial charge in [0.1, 0.15) is 18.7 Å². The van der Waals surface area contributed by atoms with Crippen LogP contribution in [0.1, 0.15) is 19.8 Å². The van der Waals surface area contributed by atoms with Crippen LogP contribution in [0.25, 0.3) is 0 Å². The Labute approximate surface area is 157 Å². The van der Waals surface area contributed by atoms with E-state index < -0.39 is 11.6 Å². The molecule has 8 nitrogen and oxygen atoms in total. The highest BCUT2D eigenvalue weighted by Crippen LogP contribution is 2.42. The van der Waals surface area contributed by atoms with E-state index in [2.05, 4.69) is 5.32 Å². The lowest BCUT2D eigenvalue weighted by Gasteiger charge is -2.30. The number of ether oxygens (including phenoxy) is 2. The average Bonchev–Trinajstić information content (AvgIpc) is 3.47. The van der Waals surface area contributed by atoms with Gasteiger partial charge in [-0.25, -0.2) is 4.79 Å². The Morgan fingerprint density at radius 3 is 2.70 bits per heavy atom. The van der Waals surface area contributed by atoms with Gasteiger partial charge in [0.15, 0.2) is 17.6 Å². The van der Waals surface area contributed by atoms with Crippen molar-refractivity contribution in [3.8, 4) is 11.5 Å². The number of rotatable bonds is 5. The normalized spacial score (nSPS) is 26.7. The van der Waals surface area contributed by atoms with Gasteiger partial charge < -0.3 is 19.7 Å². The third-order valence-corrected chi connectivity index (χ3v) is 5.46. The van der Waals surface area contributed by atoms with Gasteiger partial charge in [0, 0.05) is 7.05 Å². The highest BCUT2D eigenvalue weighted by atomic mass is 16.6. The monoisotopic (exact) mass is 373 g/mol. The number of fused-ring (bicyclic) bond motifs is 1. The maximum atomic E-state index is 12.6. The Morgan fingerprint density at radius 2 is 2.00 bits per heavy atom. The van der Waals surface area contributed by atoms with E-state index in [9.17, 15) is 14.4 Å². The van der Waals surface area contributed by atoms with Crippen LogP contribution in [0, 0.1) is 5.92 Å². The van der Waals surface area contributed by atoms with Crippen LogP contribution in [-0.4, -0.2) is 66.0 Å². The summed E-state index contributed by atoms with van der Waals surface area (Å²) in [6.07, 6.45) is 1.53. The lowest BCUT2D eigenvalue weighted by molar-refractivity contribution is -0.139. The Hall–Kier alpha value is -2.77. The maximum absolute atomic E-state index is 12.6. The van der Waals surface area contributed by atoms with E-state index in [1.807, 2.05) is 24.3 Å². The number of para-hydroxylation sites is 2. The number of urea groups is 1. The molecule has 4 amide bonds. The molecule has 1 N–H and O–H groups in total. The number of nitrogens with zero attached hydrogens (tertiary/aromatic N) is 2. The molecule has 144 valence electrons. The van der Waals surface area contributed by atoms with Crippen molar-refractivity contribution in [2.24, 2.45) is 5.92 Å². The van der Waals surface area contributed by atoms with E-state index in [1.54, 1.807) is 14.0 Å². The highest BCUT2D eigenvalue weighted by molar-refractivity contribution is 6.09. The largest absolute Gasteiger partial charge is 0.486 e. The first-order valence-electron chi connectivity index (χ1n) is 9.15. The average molecular weight is 373 g/mol. The molecule has 4 rings (SSSR count). The fourth-order valence-electron chi connectivity index (χ4n) is 3.61. The standard InChI is InChI=1S/C19H23N3O5/c1-19(12-7-8-12)17(24)22(18(25)20-19)10-16(23)21(2)9-13-11-26-14-5-3-4-6-15(14)27-13/h3-6,12-13H,7-11H2,1-2H3,(H,20,25)/t13-,19-/m1/s1. The summed E-state index contributed by atoms with van der Waals surface area (Å²) in [4.78, 5) is 39.9. The van der Waals surface area contributed by atoms with Gasteiger partial charge in [-0.3, -0.25) is 14.5 Å². The van der Waals surface area contributed by atoms with Gasteiger partial charge in [-0.15, -0.1) is 0 Å². The zero-order valence-corrected chi connectivity index (χ0v) is 15.4. The van der Waals surface area contributed by atoms with Crippen LogP contribution in [0.4, 0.5) is 4.79 Å². The van der Waals surface area contributed by atoms with Crippen LogP contribution < -0.4 is 14.8 Å². The van der Waals surface area contributed by atoms with E-state index in [-0.39, 0.29) is 30.4 Å². The first-order valence-corrected chi connectivity index (χ1v) is 9.15. The Bertz CT molecular complexity index is 793. The van der Waals surface area contributed by atoms with Crippen molar-refractivity contribution in [3.63, 3.8) is 0 Å². The molecule has 2 fully saturated rings. The van der Waals surface area contributed by atoms with Crippen LogP contribution in [0.3, 0.4) is 0 Å². The zero-order valence-electron chi connectivity index (χ0n) is 15.4. The summed E-state index contributed by atoms with van der Waals surface area (Å²) in [7, 11) is 1.63. The van der Waals surface area contributed by atoms with Crippen molar-refractivity contribution in [1.29, 1.82) is 0 Å². The third-order valence-electron chi connectivity index (χ3n) is 5.46. The summed E-state index contributed by atoms with van der Waals surface area (Å²) in [5.74, 6) is 0.855. The van der Waals surface area contributed by atoms with Crippen LogP contribution in [0.5, 0.6) is 11.5 Å². The van der Waals surface area contributed by atoms with Crippen LogP contribution >= 0.6 is 0 Å². The second-order valence-corrected chi connectivity index (χ2v) is 7.57. The number of amides is 4. The molecule has 0 aromatic heterocycles. The summed E-state index contributed by atoms with van der Waals surface area (Å²) in [5, 5.41) is 2.75. The predicted octanol–water partition coefficient (Wildman–Crippen LogP) is 1.01. The minimum Gasteiger partial charge on any atom is -0.486 e. The van der Waals surface area contributed by atoms with Crippen molar-refractivity contribution >= 4 is 17.8 Å². The van der Waals surface area contributed by atoms with E-state index in [0.717, 1.165) is 17.7 Å². The van der Waals surface area contributed by atoms with Crippen molar-refractivity contribution in [2.75, 3.05) is 26.7 Å². The smallest absolute Gasteiger partial charge is 0.325 e. The summed E-state index contributed by atoms with van der Waals surface area (Å²) in [6.45, 7) is 2.10. The van der Waals surface area contributed by atoms with Crippen LogP contribution in [-0.2, 0) is 9.59 Å². The third kappa shape index (κ3) is 3.20. The van der Waals surface area contributed by atoms with Crippen LogP contribution in [0.2, 0.25) is 0 Å². The molecule has 0 bridgehead atoms. The number of nitrogens with one attached hydrogen (secondary N) is 1. The number of likely N-dealkylation sites (N-methyl/N-ethyl adjacent to an activating group) is 1. The van der Waals surface area contributed by atoms with Gasteiger partial charge in [-0.1, -0.05) is 12.1 Å². The quantitative estimate of drug-likeness (QED) is 0.778. The topological polar surface area (TPSA) is 88.2 Å². The summed E-state index contributed by atoms with van der Waals surface area (Å²) < 4.78 is 11.5. The molecule has 2 heterocycles. The van der Waals surface area contributed by atoms with E-state index in [1.165, 1.54) is 4.90 Å². The first kappa shape index (κ1) is 17.6. The number of benzene rings is 1. The van der Waals surface area contributed by atoms with Gasteiger partial charge in [-0.05, 0) is 37.8 Å². The molecular weight excluding hydrogens is 350 g/mol. The van der Waals surface area contributed by atoms with Crippen molar-refractivity contribution in [2.45, 2.75) is 31.4 Å².